The number of rotatable bonds is 7. The molecular weight excluding hydrogens is 248 g/mol. The van der Waals surface area contributed by atoms with Crippen LogP contribution in [0.2, 0.25) is 0 Å². The van der Waals surface area contributed by atoms with E-state index in [1.54, 1.807) is 0 Å². The average Bonchev–Trinajstić information content (AvgIpc) is 2.52. The Morgan fingerprint density at radius 2 is 1.45 bits per heavy atom. The molecule has 0 aliphatic rings. The monoisotopic (exact) mass is 270 g/mol. The first-order valence-electron chi connectivity index (χ1n) is 7.30. The van der Waals surface area contributed by atoms with Gasteiger partial charge in [0.1, 0.15) is 0 Å². The van der Waals surface area contributed by atoms with Gasteiger partial charge >= 0.3 is 0 Å². The maximum Gasteiger partial charge on any atom is 0.168 e. The van der Waals surface area contributed by atoms with Crippen LogP contribution in [-0.2, 0) is 0 Å². The summed E-state index contributed by atoms with van der Waals surface area (Å²) in [5.74, 6) is 1.69. The number of hydrogen-bond acceptors (Lipinski definition) is 2. The van der Waals surface area contributed by atoms with E-state index < -0.39 is 0 Å². The Hall–Kier alpha value is -1.96. The van der Waals surface area contributed by atoms with Crippen LogP contribution in [0.5, 0.6) is 11.5 Å². The highest BCUT2D eigenvalue weighted by molar-refractivity contribution is 5.73. The summed E-state index contributed by atoms with van der Waals surface area (Å²) < 4.78 is 11.8. The molecule has 0 aromatic heterocycles. The lowest BCUT2D eigenvalue weighted by molar-refractivity contribution is 0.269. The van der Waals surface area contributed by atoms with E-state index >= 15 is 0 Å². The second-order valence-electron chi connectivity index (χ2n) is 4.70. The average molecular weight is 270 g/mol. The van der Waals surface area contributed by atoms with Crippen LogP contribution in [0.4, 0.5) is 0 Å². The fourth-order valence-corrected chi connectivity index (χ4v) is 2.04. The minimum Gasteiger partial charge on any atom is -0.490 e. The van der Waals surface area contributed by atoms with Gasteiger partial charge in [0.15, 0.2) is 11.5 Å². The zero-order valence-corrected chi connectivity index (χ0v) is 12.3. The molecule has 2 aromatic rings. The molecule has 0 amide bonds. The van der Waals surface area contributed by atoms with Gasteiger partial charge in [0.25, 0.3) is 0 Å². The van der Waals surface area contributed by atoms with Crippen molar-refractivity contribution in [3.05, 3.63) is 48.5 Å². The summed E-state index contributed by atoms with van der Waals surface area (Å²) in [5.41, 5.74) is 2.24. The molecule has 2 heteroatoms. The van der Waals surface area contributed by atoms with Crippen molar-refractivity contribution in [2.45, 2.75) is 26.7 Å². The van der Waals surface area contributed by atoms with Crippen LogP contribution >= 0.6 is 0 Å². The van der Waals surface area contributed by atoms with Gasteiger partial charge in [-0.2, -0.15) is 0 Å². The highest BCUT2D eigenvalue weighted by Gasteiger charge is 2.12. The molecule has 0 saturated carbocycles. The standard InChI is InChI=1S/C18H22O2/c1-3-13-19-17-12-8-11-16(18(17)20-14-4-2)15-9-6-5-7-10-15/h5-12H,3-4,13-14H2,1-2H3. The Labute approximate surface area is 121 Å². The van der Waals surface area contributed by atoms with Gasteiger partial charge in [-0.3, -0.25) is 0 Å². The first-order chi connectivity index (χ1) is 9.86. The first-order valence-corrected chi connectivity index (χ1v) is 7.30. The van der Waals surface area contributed by atoms with Gasteiger partial charge in [-0.05, 0) is 24.5 Å². The van der Waals surface area contributed by atoms with Crippen molar-refractivity contribution >= 4 is 0 Å². The van der Waals surface area contributed by atoms with E-state index in [1.807, 2.05) is 30.3 Å². The highest BCUT2D eigenvalue weighted by atomic mass is 16.5. The zero-order valence-electron chi connectivity index (χ0n) is 12.3. The molecule has 2 aromatic carbocycles. The molecule has 0 saturated heterocycles. The van der Waals surface area contributed by atoms with Crippen molar-refractivity contribution in [2.75, 3.05) is 13.2 Å². The van der Waals surface area contributed by atoms with Gasteiger partial charge in [0.05, 0.1) is 13.2 Å². The van der Waals surface area contributed by atoms with Gasteiger partial charge in [0, 0.05) is 5.56 Å². The van der Waals surface area contributed by atoms with Crippen LogP contribution < -0.4 is 9.47 Å². The molecular formula is C18H22O2. The largest absolute Gasteiger partial charge is 0.490 e. The number of ether oxygens (including phenoxy) is 2. The lowest BCUT2D eigenvalue weighted by atomic mass is 10.0. The van der Waals surface area contributed by atoms with Crippen molar-refractivity contribution in [2.24, 2.45) is 0 Å². The third-order valence-electron chi connectivity index (χ3n) is 2.98. The smallest absolute Gasteiger partial charge is 0.168 e. The van der Waals surface area contributed by atoms with Crippen molar-refractivity contribution in [1.29, 1.82) is 0 Å². The van der Waals surface area contributed by atoms with Crippen molar-refractivity contribution in [3.63, 3.8) is 0 Å². The Morgan fingerprint density at radius 3 is 2.15 bits per heavy atom. The quantitative estimate of drug-likeness (QED) is 0.710. The van der Waals surface area contributed by atoms with Crippen LogP contribution in [0, 0.1) is 0 Å². The molecule has 0 heterocycles. The predicted octanol–water partition coefficient (Wildman–Crippen LogP) is 4.93. The molecule has 0 fully saturated rings. The van der Waals surface area contributed by atoms with Gasteiger partial charge < -0.3 is 9.47 Å². The minimum absolute atomic E-state index is 0.701. The van der Waals surface area contributed by atoms with Crippen LogP contribution in [0.1, 0.15) is 26.7 Å². The Balaban J connectivity index is 2.39. The molecule has 106 valence electrons. The second kappa shape index (κ2) is 7.59. The fraction of sp³-hybridized carbons (Fsp3) is 0.333. The SMILES string of the molecule is CCCOc1cccc(-c2ccccc2)c1OCCC. The maximum atomic E-state index is 5.94. The summed E-state index contributed by atoms with van der Waals surface area (Å²) in [4.78, 5) is 0. The third-order valence-corrected chi connectivity index (χ3v) is 2.98. The molecule has 2 rings (SSSR count). The van der Waals surface area contributed by atoms with Crippen LogP contribution in [0.25, 0.3) is 11.1 Å². The molecule has 0 aliphatic carbocycles. The molecule has 20 heavy (non-hydrogen) atoms. The van der Waals surface area contributed by atoms with E-state index in [1.165, 1.54) is 0 Å². The number of para-hydroxylation sites is 1. The molecule has 0 unspecified atom stereocenters. The van der Waals surface area contributed by atoms with Crippen molar-refractivity contribution < 1.29 is 9.47 Å². The van der Waals surface area contributed by atoms with Gasteiger partial charge in [-0.1, -0.05) is 56.3 Å². The molecule has 2 nitrogen and oxygen atoms in total. The van der Waals surface area contributed by atoms with Crippen molar-refractivity contribution in [1.82, 2.24) is 0 Å². The Bertz CT molecular complexity index is 520. The summed E-state index contributed by atoms with van der Waals surface area (Å²) >= 11 is 0. The Morgan fingerprint density at radius 1 is 0.750 bits per heavy atom. The summed E-state index contributed by atoms with van der Waals surface area (Å²) in [5, 5.41) is 0. The first kappa shape index (κ1) is 14.4. The van der Waals surface area contributed by atoms with Crippen LogP contribution in [0.3, 0.4) is 0 Å². The normalized spacial score (nSPS) is 10.3. The summed E-state index contributed by atoms with van der Waals surface area (Å²) in [7, 11) is 0. The lowest BCUT2D eigenvalue weighted by Crippen LogP contribution is -2.02. The van der Waals surface area contributed by atoms with E-state index in [2.05, 4.69) is 32.0 Å². The molecule has 0 N–H and O–H groups in total. The van der Waals surface area contributed by atoms with E-state index in [9.17, 15) is 0 Å². The third kappa shape index (κ3) is 3.53. The summed E-state index contributed by atoms with van der Waals surface area (Å²) in [6.45, 7) is 5.62. The predicted molar refractivity (Wildman–Crippen MR) is 83.5 cm³/mol. The van der Waals surface area contributed by atoms with Gasteiger partial charge in [0.2, 0.25) is 0 Å². The summed E-state index contributed by atoms with van der Waals surface area (Å²) in [6, 6.07) is 16.4. The molecule has 0 radical (unpaired) electrons. The molecule has 0 spiro atoms. The zero-order chi connectivity index (χ0) is 14.2. The second-order valence-corrected chi connectivity index (χ2v) is 4.70. The van der Waals surface area contributed by atoms with Crippen LogP contribution in [0.15, 0.2) is 48.5 Å². The molecule has 0 aliphatic heterocycles. The topological polar surface area (TPSA) is 18.5 Å². The molecule has 0 bridgehead atoms. The van der Waals surface area contributed by atoms with Crippen molar-refractivity contribution in [3.8, 4) is 22.6 Å². The van der Waals surface area contributed by atoms with Gasteiger partial charge in [-0.15, -0.1) is 0 Å². The highest BCUT2D eigenvalue weighted by Crippen LogP contribution is 2.38. The number of benzene rings is 2. The van der Waals surface area contributed by atoms with E-state index in [-0.39, 0.29) is 0 Å². The van der Waals surface area contributed by atoms with E-state index in [4.69, 9.17) is 9.47 Å². The fourth-order valence-electron chi connectivity index (χ4n) is 2.04. The van der Waals surface area contributed by atoms with Crippen LogP contribution in [-0.4, -0.2) is 13.2 Å². The summed E-state index contributed by atoms with van der Waals surface area (Å²) in [6.07, 6.45) is 1.97. The van der Waals surface area contributed by atoms with Gasteiger partial charge in [-0.25, -0.2) is 0 Å². The van der Waals surface area contributed by atoms with E-state index in [0.29, 0.717) is 13.2 Å². The van der Waals surface area contributed by atoms with E-state index in [0.717, 1.165) is 35.5 Å². The molecule has 0 atom stereocenters. The minimum atomic E-state index is 0.701. The number of hydrogen-bond donors (Lipinski definition) is 0. The Kier molecular flexibility index (Phi) is 5.48. The maximum absolute atomic E-state index is 5.94. The lowest BCUT2D eigenvalue weighted by Gasteiger charge is -2.16.